The van der Waals surface area contributed by atoms with Crippen LogP contribution in [0, 0.1) is 0 Å². The van der Waals surface area contributed by atoms with Crippen LogP contribution in [-0.4, -0.2) is 36.2 Å². The summed E-state index contributed by atoms with van der Waals surface area (Å²) in [7, 11) is 1.53. The van der Waals surface area contributed by atoms with E-state index in [4.69, 9.17) is 33.1 Å². The summed E-state index contributed by atoms with van der Waals surface area (Å²) in [6.45, 7) is 0. The van der Waals surface area contributed by atoms with Crippen molar-refractivity contribution in [1.82, 2.24) is 10.4 Å². The van der Waals surface area contributed by atoms with Gasteiger partial charge in [-0.3, -0.25) is 4.79 Å². The Morgan fingerprint density at radius 2 is 2.05 bits per heavy atom. The number of amides is 1. The molecule has 0 spiro atoms. The van der Waals surface area contributed by atoms with Crippen LogP contribution in [0.25, 0.3) is 0 Å². The summed E-state index contributed by atoms with van der Waals surface area (Å²) in [6, 6.07) is 6.24. The van der Waals surface area contributed by atoms with E-state index in [1.807, 2.05) is 5.06 Å². The molecule has 3 heterocycles. The van der Waals surface area contributed by atoms with Gasteiger partial charge in [-0.05, 0) is 31.4 Å². The lowest BCUT2D eigenvalue weighted by atomic mass is 9.80. The molecule has 1 aromatic carbocycles. The fourth-order valence-corrected chi connectivity index (χ4v) is 3.47. The Hall–Kier alpha value is -0.850. The van der Waals surface area contributed by atoms with Crippen molar-refractivity contribution < 1.29 is 14.7 Å². The lowest BCUT2D eigenvalue weighted by molar-refractivity contribution is -0.399. The molecule has 4 atom stereocenters. The van der Waals surface area contributed by atoms with Crippen LogP contribution in [0.15, 0.2) is 18.2 Å². The van der Waals surface area contributed by atoms with E-state index in [0.29, 0.717) is 33.8 Å². The highest BCUT2D eigenvalue weighted by Crippen LogP contribution is 2.44. The molecular formula is C14H16Cl2N2O3. The Kier molecular flexibility index (Phi) is 4.38. The van der Waals surface area contributed by atoms with Crippen molar-refractivity contribution >= 4 is 29.1 Å². The minimum absolute atomic E-state index is 0.273. The van der Waals surface area contributed by atoms with Crippen LogP contribution >= 0.6 is 23.2 Å². The van der Waals surface area contributed by atoms with E-state index < -0.39 is 0 Å². The van der Waals surface area contributed by atoms with Crippen molar-refractivity contribution in [3.63, 3.8) is 0 Å². The lowest BCUT2D eigenvalue weighted by Crippen LogP contribution is -2.58. The third-order valence-electron chi connectivity index (χ3n) is 4.08. The van der Waals surface area contributed by atoms with Crippen LogP contribution in [0.2, 0.25) is 10.0 Å². The molecule has 5 rings (SSSR count). The largest absolute Gasteiger partial charge is 0.355 e. The first-order valence-corrected chi connectivity index (χ1v) is 7.65. The SMILES string of the molecule is C1CC2CC3C1OON23.CNC(=O)c1c(Cl)cccc1Cl. The molecule has 4 aliphatic rings. The average molecular weight is 331 g/mol. The van der Waals surface area contributed by atoms with Gasteiger partial charge < -0.3 is 5.32 Å². The normalized spacial score (nSPS) is 31.8. The number of benzene rings is 1. The minimum atomic E-state index is -0.273. The fraction of sp³-hybridized carbons (Fsp3) is 0.500. The van der Waals surface area contributed by atoms with Gasteiger partial charge in [-0.2, -0.15) is 0 Å². The Labute approximate surface area is 133 Å². The Morgan fingerprint density at radius 3 is 2.57 bits per heavy atom. The van der Waals surface area contributed by atoms with Gasteiger partial charge in [0.2, 0.25) is 0 Å². The van der Waals surface area contributed by atoms with Gasteiger partial charge in [-0.15, -0.1) is 10.1 Å². The number of hydrogen-bond acceptors (Lipinski definition) is 4. The monoisotopic (exact) mass is 330 g/mol. The van der Waals surface area contributed by atoms with Crippen LogP contribution in [0.1, 0.15) is 29.6 Å². The Bertz CT molecular complexity index is 516. The molecule has 0 aromatic heterocycles. The second-order valence-electron chi connectivity index (χ2n) is 5.28. The van der Waals surface area contributed by atoms with E-state index in [-0.39, 0.29) is 5.91 Å². The predicted octanol–water partition coefficient (Wildman–Crippen LogP) is 2.82. The topological polar surface area (TPSA) is 50.8 Å². The van der Waals surface area contributed by atoms with Crippen LogP contribution < -0.4 is 5.32 Å². The van der Waals surface area contributed by atoms with Crippen molar-refractivity contribution in [3.8, 4) is 0 Å². The average Bonchev–Trinajstić information content (AvgIpc) is 2.68. The molecule has 7 heteroatoms. The summed E-state index contributed by atoms with van der Waals surface area (Å²) in [4.78, 5) is 21.2. The molecule has 3 aliphatic heterocycles. The van der Waals surface area contributed by atoms with Crippen LogP contribution in [0.5, 0.6) is 0 Å². The van der Waals surface area contributed by atoms with Gasteiger partial charge in [0.05, 0.1) is 21.7 Å². The number of carbonyl (C=O) groups is 1. The van der Waals surface area contributed by atoms with E-state index in [0.717, 1.165) is 0 Å². The third kappa shape index (κ3) is 2.76. The fourth-order valence-electron chi connectivity index (χ4n) is 2.90. The van der Waals surface area contributed by atoms with E-state index in [1.165, 1.54) is 26.3 Å². The minimum Gasteiger partial charge on any atom is -0.355 e. The van der Waals surface area contributed by atoms with Crippen LogP contribution in [-0.2, 0) is 9.88 Å². The molecule has 21 heavy (non-hydrogen) atoms. The number of nitrogens with one attached hydrogen (secondary N) is 1. The maximum atomic E-state index is 11.2. The number of halogens is 2. The van der Waals surface area contributed by atoms with Gasteiger partial charge in [-0.1, -0.05) is 29.3 Å². The molecule has 1 amide bonds. The Balaban J connectivity index is 0.000000129. The highest BCUT2D eigenvalue weighted by atomic mass is 35.5. The van der Waals surface area contributed by atoms with Crippen molar-refractivity contribution in [2.24, 2.45) is 0 Å². The summed E-state index contributed by atoms with van der Waals surface area (Å²) in [6.07, 6.45) is 4.16. The number of piperidine rings is 1. The number of carbonyl (C=O) groups excluding carboxylic acids is 1. The van der Waals surface area contributed by atoms with Gasteiger partial charge in [0.1, 0.15) is 6.10 Å². The molecule has 5 nitrogen and oxygen atoms in total. The highest BCUT2D eigenvalue weighted by Gasteiger charge is 2.54. The zero-order valence-corrected chi connectivity index (χ0v) is 13.0. The second kappa shape index (κ2) is 6.10. The molecule has 0 radical (unpaired) electrons. The number of hydroxylamine groups is 2. The molecule has 4 unspecified atom stereocenters. The van der Waals surface area contributed by atoms with Gasteiger partial charge in [-0.25, -0.2) is 4.89 Å². The maximum Gasteiger partial charge on any atom is 0.254 e. The molecular weight excluding hydrogens is 315 g/mol. The Morgan fingerprint density at radius 1 is 1.33 bits per heavy atom. The maximum absolute atomic E-state index is 11.2. The lowest BCUT2D eigenvalue weighted by Gasteiger charge is -2.45. The molecule has 1 aliphatic carbocycles. The van der Waals surface area contributed by atoms with Crippen molar-refractivity contribution in [1.29, 1.82) is 0 Å². The van der Waals surface area contributed by atoms with Gasteiger partial charge in [0.15, 0.2) is 0 Å². The number of hydrogen-bond donors (Lipinski definition) is 1. The number of fused-ring (bicyclic) bond motifs is 1. The zero-order chi connectivity index (χ0) is 15.0. The first-order chi connectivity index (χ1) is 10.1. The summed E-state index contributed by atoms with van der Waals surface area (Å²) in [5, 5.41) is 5.19. The smallest absolute Gasteiger partial charge is 0.254 e. The molecule has 1 N–H and O–H groups in total. The number of rotatable bonds is 1. The van der Waals surface area contributed by atoms with E-state index >= 15 is 0 Å². The molecule has 4 bridgehead atoms. The summed E-state index contributed by atoms with van der Waals surface area (Å²) in [5.74, 6) is -0.273. The van der Waals surface area contributed by atoms with Crippen LogP contribution in [0.3, 0.4) is 0 Å². The summed E-state index contributed by atoms with van der Waals surface area (Å²) >= 11 is 11.5. The molecule has 114 valence electrons. The van der Waals surface area contributed by atoms with Gasteiger partial charge in [0, 0.05) is 13.1 Å². The van der Waals surface area contributed by atoms with E-state index in [2.05, 4.69) is 5.32 Å². The summed E-state index contributed by atoms with van der Waals surface area (Å²) in [5.41, 5.74) is 0.323. The number of nitrogens with zero attached hydrogens (tertiary/aromatic N) is 1. The van der Waals surface area contributed by atoms with Gasteiger partial charge in [0.25, 0.3) is 5.91 Å². The molecule has 1 aromatic rings. The molecule has 3 saturated heterocycles. The zero-order valence-electron chi connectivity index (χ0n) is 11.5. The highest BCUT2D eigenvalue weighted by molar-refractivity contribution is 6.39. The van der Waals surface area contributed by atoms with E-state index in [1.54, 1.807) is 18.2 Å². The standard InChI is InChI=1S/C8H7Cl2NO.C6H9NO2/c1-11-8(12)7-5(9)3-2-4-6(7)10;1-2-6-5-3-4(1)7(5)9-8-6/h2-4H,1H3,(H,11,12);4-6H,1-3H2. The first kappa shape index (κ1) is 15.1. The van der Waals surface area contributed by atoms with Crippen LogP contribution in [0.4, 0.5) is 0 Å². The molecule has 4 fully saturated rings. The second-order valence-corrected chi connectivity index (χ2v) is 6.09. The summed E-state index contributed by atoms with van der Waals surface area (Å²) < 4.78 is 0. The first-order valence-electron chi connectivity index (χ1n) is 6.89. The predicted molar refractivity (Wildman–Crippen MR) is 79.1 cm³/mol. The molecule has 1 saturated carbocycles. The third-order valence-corrected chi connectivity index (χ3v) is 4.71. The van der Waals surface area contributed by atoms with E-state index in [9.17, 15) is 4.79 Å². The van der Waals surface area contributed by atoms with Crippen molar-refractivity contribution in [2.75, 3.05) is 7.05 Å². The van der Waals surface area contributed by atoms with Gasteiger partial charge >= 0.3 is 0 Å². The quantitative estimate of drug-likeness (QED) is 0.804. The van der Waals surface area contributed by atoms with Crippen molar-refractivity contribution in [2.45, 2.75) is 37.5 Å². The van der Waals surface area contributed by atoms with Crippen molar-refractivity contribution in [3.05, 3.63) is 33.8 Å².